The van der Waals surface area contributed by atoms with Gasteiger partial charge in [-0.05, 0) is 55.3 Å². The highest BCUT2D eigenvalue weighted by atomic mass is 32.2. The lowest BCUT2D eigenvalue weighted by Gasteiger charge is -2.13. The Morgan fingerprint density at radius 1 is 1.09 bits per heavy atom. The number of nitriles is 1. The third-order valence-corrected chi connectivity index (χ3v) is 6.90. The summed E-state index contributed by atoms with van der Waals surface area (Å²) >= 11 is 1.15. The first-order chi connectivity index (χ1) is 17.0. The van der Waals surface area contributed by atoms with Crippen LogP contribution in [-0.4, -0.2) is 50.0 Å². The molecule has 0 spiro atoms. The maximum atomic E-state index is 13.3. The van der Waals surface area contributed by atoms with Crippen LogP contribution in [0.2, 0.25) is 0 Å². The zero-order chi connectivity index (χ0) is 24.4. The number of nitrogens with one attached hydrogen (secondary N) is 1. The van der Waals surface area contributed by atoms with E-state index in [1.54, 1.807) is 65.7 Å². The van der Waals surface area contributed by atoms with Gasteiger partial charge in [-0.1, -0.05) is 23.9 Å². The number of amides is 1. The number of carbonyl (C=O) groups excluding carboxylic acids is 2. The zero-order valence-electron chi connectivity index (χ0n) is 18.7. The molecule has 1 aliphatic heterocycles. The Morgan fingerprint density at radius 3 is 2.57 bits per heavy atom. The number of hydrogen-bond acceptors (Lipinski definition) is 6. The Bertz CT molecular complexity index is 1530. The second-order valence-electron chi connectivity index (χ2n) is 8.22. The molecule has 3 heterocycles. The van der Waals surface area contributed by atoms with E-state index in [1.807, 2.05) is 0 Å². The number of benzene rings is 2. The standard InChI is InChI=1S/C26H21N5O3S/c27-14-17-7-9-19(10-8-17)31-24(33)20-5-1-2-6-21(20)29-26(31)35-16-23(32)18-13-22(28-15-18)25(34)30-11-3-4-12-30/h1-2,5-10,13,15,28H,3-4,11-12,16H2. The number of carbonyl (C=O) groups is 2. The zero-order valence-corrected chi connectivity index (χ0v) is 19.5. The van der Waals surface area contributed by atoms with Gasteiger partial charge in [-0.2, -0.15) is 5.26 Å². The first kappa shape index (κ1) is 22.6. The van der Waals surface area contributed by atoms with Gasteiger partial charge in [0.15, 0.2) is 10.9 Å². The molecule has 0 atom stereocenters. The highest BCUT2D eigenvalue weighted by Crippen LogP contribution is 2.23. The van der Waals surface area contributed by atoms with Gasteiger partial charge >= 0.3 is 0 Å². The van der Waals surface area contributed by atoms with Gasteiger partial charge in [-0.15, -0.1) is 0 Å². The molecule has 1 amide bonds. The molecule has 1 aliphatic rings. The number of Topliss-reactive ketones (excluding diaryl/α,β-unsaturated/α-hetero) is 1. The summed E-state index contributed by atoms with van der Waals surface area (Å²) in [5.74, 6) is -0.239. The summed E-state index contributed by atoms with van der Waals surface area (Å²) in [4.78, 5) is 48.2. The Hall–Kier alpha value is -4.16. The van der Waals surface area contributed by atoms with Crippen molar-refractivity contribution in [3.05, 3.63) is 88.0 Å². The maximum Gasteiger partial charge on any atom is 0.270 e. The number of aromatic amines is 1. The molecule has 5 rings (SSSR count). The number of thioether (sulfide) groups is 1. The van der Waals surface area contributed by atoms with Crippen molar-refractivity contribution in [3.8, 4) is 11.8 Å². The number of ketones is 1. The fraction of sp³-hybridized carbons (Fsp3) is 0.192. The lowest BCUT2D eigenvalue weighted by atomic mass is 10.2. The van der Waals surface area contributed by atoms with Crippen molar-refractivity contribution < 1.29 is 9.59 Å². The average molecular weight is 484 g/mol. The number of fused-ring (bicyclic) bond motifs is 1. The molecule has 0 radical (unpaired) electrons. The number of likely N-dealkylation sites (tertiary alicyclic amines) is 1. The molecule has 35 heavy (non-hydrogen) atoms. The van der Waals surface area contributed by atoms with Gasteiger partial charge in [0.25, 0.3) is 11.5 Å². The van der Waals surface area contributed by atoms with Crippen LogP contribution in [-0.2, 0) is 0 Å². The average Bonchev–Trinajstić information content (AvgIpc) is 3.60. The molecule has 4 aromatic rings. The fourth-order valence-corrected chi connectivity index (χ4v) is 5.01. The van der Waals surface area contributed by atoms with Crippen molar-refractivity contribution in [3.63, 3.8) is 0 Å². The third kappa shape index (κ3) is 4.48. The van der Waals surface area contributed by atoms with Gasteiger partial charge in [0.1, 0.15) is 5.69 Å². The van der Waals surface area contributed by atoms with Crippen molar-refractivity contribution >= 4 is 34.4 Å². The van der Waals surface area contributed by atoms with Crippen molar-refractivity contribution in [1.29, 1.82) is 5.26 Å². The van der Waals surface area contributed by atoms with E-state index in [0.717, 1.165) is 37.7 Å². The number of nitrogens with zero attached hydrogens (tertiary/aromatic N) is 4. The van der Waals surface area contributed by atoms with Gasteiger partial charge in [-0.3, -0.25) is 19.0 Å². The molecule has 1 saturated heterocycles. The second-order valence-corrected chi connectivity index (χ2v) is 9.17. The van der Waals surface area contributed by atoms with Gasteiger partial charge in [0, 0.05) is 24.8 Å². The predicted octanol–water partition coefficient (Wildman–Crippen LogP) is 3.80. The van der Waals surface area contributed by atoms with Crippen LogP contribution in [0.4, 0.5) is 0 Å². The molecule has 2 aromatic carbocycles. The van der Waals surface area contributed by atoms with Crippen LogP contribution in [0.1, 0.15) is 39.3 Å². The highest BCUT2D eigenvalue weighted by Gasteiger charge is 2.22. The predicted molar refractivity (Wildman–Crippen MR) is 133 cm³/mol. The molecule has 8 nitrogen and oxygen atoms in total. The van der Waals surface area contributed by atoms with Crippen LogP contribution < -0.4 is 5.56 Å². The molecular formula is C26H21N5O3S. The SMILES string of the molecule is N#Cc1ccc(-n2c(SCC(=O)c3c[nH]c(C(=O)N4CCCC4)c3)nc3ccccc3c2=O)cc1. The van der Waals surface area contributed by atoms with Gasteiger partial charge < -0.3 is 9.88 Å². The quantitative estimate of drug-likeness (QED) is 0.254. The third-order valence-electron chi connectivity index (χ3n) is 5.96. The summed E-state index contributed by atoms with van der Waals surface area (Å²) in [6.45, 7) is 1.47. The molecular weight excluding hydrogens is 462 g/mol. The first-order valence-electron chi connectivity index (χ1n) is 11.2. The topological polar surface area (TPSA) is 112 Å². The van der Waals surface area contributed by atoms with Crippen molar-refractivity contribution in [1.82, 2.24) is 19.4 Å². The van der Waals surface area contributed by atoms with E-state index in [9.17, 15) is 14.4 Å². The molecule has 1 fully saturated rings. The van der Waals surface area contributed by atoms with E-state index in [-0.39, 0.29) is 23.0 Å². The van der Waals surface area contributed by atoms with Crippen molar-refractivity contribution in [2.45, 2.75) is 18.0 Å². The first-order valence-corrected chi connectivity index (χ1v) is 12.2. The Morgan fingerprint density at radius 2 is 1.83 bits per heavy atom. The summed E-state index contributed by atoms with van der Waals surface area (Å²) in [7, 11) is 0. The molecule has 0 aliphatic carbocycles. The van der Waals surface area contributed by atoms with E-state index >= 15 is 0 Å². The Balaban J connectivity index is 1.43. The lowest BCUT2D eigenvalue weighted by Crippen LogP contribution is -2.27. The molecule has 0 unspecified atom stereocenters. The van der Waals surface area contributed by atoms with E-state index in [1.165, 1.54) is 4.57 Å². The summed E-state index contributed by atoms with van der Waals surface area (Å²) in [5.41, 5.74) is 2.13. The van der Waals surface area contributed by atoms with E-state index in [0.29, 0.717) is 38.6 Å². The normalized spacial score (nSPS) is 13.2. The van der Waals surface area contributed by atoms with Crippen LogP contribution in [0.3, 0.4) is 0 Å². The van der Waals surface area contributed by atoms with Crippen LogP contribution in [0.5, 0.6) is 0 Å². The minimum atomic E-state index is -0.254. The summed E-state index contributed by atoms with van der Waals surface area (Å²) in [6.07, 6.45) is 3.54. The largest absolute Gasteiger partial charge is 0.356 e. The monoisotopic (exact) mass is 483 g/mol. The summed E-state index contributed by atoms with van der Waals surface area (Å²) in [6, 6.07) is 17.3. The molecule has 174 valence electrons. The second kappa shape index (κ2) is 9.60. The maximum absolute atomic E-state index is 13.3. The number of H-pyrrole nitrogens is 1. The molecule has 9 heteroatoms. The molecule has 0 saturated carbocycles. The molecule has 2 aromatic heterocycles. The minimum Gasteiger partial charge on any atom is -0.356 e. The molecule has 0 bridgehead atoms. The van der Waals surface area contributed by atoms with Crippen LogP contribution in [0, 0.1) is 11.3 Å². The number of para-hydroxylation sites is 1. The van der Waals surface area contributed by atoms with Crippen molar-refractivity contribution in [2.75, 3.05) is 18.8 Å². The number of hydrogen-bond donors (Lipinski definition) is 1. The number of aromatic nitrogens is 3. The summed E-state index contributed by atoms with van der Waals surface area (Å²) in [5, 5.41) is 9.93. The highest BCUT2D eigenvalue weighted by molar-refractivity contribution is 7.99. The van der Waals surface area contributed by atoms with Crippen LogP contribution in [0.25, 0.3) is 16.6 Å². The van der Waals surface area contributed by atoms with E-state index < -0.39 is 0 Å². The van der Waals surface area contributed by atoms with Gasteiger partial charge in [0.05, 0.1) is 34.0 Å². The van der Waals surface area contributed by atoms with Crippen LogP contribution >= 0.6 is 11.8 Å². The van der Waals surface area contributed by atoms with E-state index in [2.05, 4.69) is 16.0 Å². The van der Waals surface area contributed by atoms with E-state index in [4.69, 9.17) is 5.26 Å². The minimum absolute atomic E-state index is 0.0380. The van der Waals surface area contributed by atoms with Gasteiger partial charge in [-0.25, -0.2) is 4.98 Å². The fourth-order valence-electron chi connectivity index (χ4n) is 4.10. The lowest BCUT2D eigenvalue weighted by molar-refractivity contribution is 0.0787. The Kier molecular flexibility index (Phi) is 6.21. The summed E-state index contributed by atoms with van der Waals surface area (Å²) < 4.78 is 1.46. The molecule has 1 N–H and O–H groups in total. The van der Waals surface area contributed by atoms with Crippen molar-refractivity contribution in [2.24, 2.45) is 0 Å². The van der Waals surface area contributed by atoms with Crippen LogP contribution in [0.15, 0.2) is 70.7 Å². The van der Waals surface area contributed by atoms with Gasteiger partial charge in [0.2, 0.25) is 0 Å². The number of rotatable bonds is 6. The Labute approximate surface area is 205 Å². The smallest absolute Gasteiger partial charge is 0.270 e.